The highest BCUT2D eigenvalue weighted by atomic mass is 19.1. The number of nitrogens with one attached hydrogen (secondary N) is 1. The predicted molar refractivity (Wildman–Crippen MR) is 90.2 cm³/mol. The Morgan fingerprint density at radius 3 is 2.83 bits per heavy atom. The van der Waals surface area contributed by atoms with E-state index >= 15 is 0 Å². The van der Waals surface area contributed by atoms with E-state index in [0.29, 0.717) is 12.1 Å². The molecule has 2 heterocycles. The van der Waals surface area contributed by atoms with Crippen LogP contribution in [0.5, 0.6) is 0 Å². The van der Waals surface area contributed by atoms with E-state index < -0.39 is 17.3 Å². The first-order valence-corrected chi connectivity index (χ1v) is 8.27. The van der Waals surface area contributed by atoms with Gasteiger partial charge in [-0.1, -0.05) is 19.1 Å². The van der Waals surface area contributed by atoms with Crippen LogP contribution in [0.3, 0.4) is 0 Å². The minimum absolute atomic E-state index is 0.000506. The van der Waals surface area contributed by atoms with E-state index in [-0.39, 0.29) is 28.4 Å². The van der Waals surface area contributed by atoms with Crippen LogP contribution in [0.2, 0.25) is 0 Å². The number of hydrogen-bond donors (Lipinski definition) is 2. The second-order valence-corrected chi connectivity index (χ2v) is 6.28. The lowest BCUT2D eigenvalue weighted by Gasteiger charge is -2.28. The Morgan fingerprint density at radius 2 is 2.25 bits per heavy atom. The maximum absolute atomic E-state index is 14.3. The molecular weight excluding hydrogens is 311 g/mol. The van der Waals surface area contributed by atoms with Crippen molar-refractivity contribution in [1.82, 2.24) is 9.88 Å². The van der Waals surface area contributed by atoms with E-state index in [1.807, 2.05) is 6.92 Å². The summed E-state index contributed by atoms with van der Waals surface area (Å²) in [6, 6.07) is 4.03. The van der Waals surface area contributed by atoms with E-state index in [9.17, 15) is 19.1 Å². The Balaban J connectivity index is 2.37. The van der Waals surface area contributed by atoms with Gasteiger partial charge in [-0.3, -0.25) is 4.79 Å². The van der Waals surface area contributed by atoms with Crippen LogP contribution in [0.25, 0.3) is 10.8 Å². The lowest BCUT2D eigenvalue weighted by atomic mass is 9.98. The zero-order valence-electron chi connectivity index (χ0n) is 13.8. The molecule has 24 heavy (non-hydrogen) atoms. The number of pyridine rings is 1. The molecule has 128 valence electrons. The Hall–Kier alpha value is -2.21. The van der Waals surface area contributed by atoms with Crippen molar-refractivity contribution in [3.8, 4) is 0 Å². The van der Waals surface area contributed by atoms with E-state index in [1.54, 1.807) is 6.92 Å². The molecule has 1 fully saturated rings. The highest BCUT2D eigenvalue weighted by Crippen LogP contribution is 2.28. The van der Waals surface area contributed by atoms with Crippen molar-refractivity contribution in [3.63, 3.8) is 0 Å². The van der Waals surface area contributed by atoms with Gasteiger partial charge in [-0.05, 0) is 38.8 Å². The van der Waals surface area contributed by atoms with E-state index in [0.717, 1.165) is 19.4 Å². The molecule has 1 aromatic heterocycles. The van der Waals surface area contributed by atoms with Crippen LogP contribution in [-0.2, 0) is 0 Å². The molecule has 0 amide bonds. The van der Waals surface area contributed by atoms with Crippen molar-refractivity contribution in [2.45, 2.75) is 45.2 Å². The van der Waals surface area contributed by atoms with Crippen LogP contribution in [0.4, 0.5) is 4.39 Å². The maximum atomic E-state index is 14.3. The molecule has 0 radical (unpaired) electrons. The van der Waals surface area contributed by atoms with Crippen LogP contribution in [0.1, 0.15) is 48.3 Å². The third-order valence-electron chi connectivity index (χ3n) is 4.97. The predicted octanol–water partition coefficient (Wildman–Crippen LogP) is 2.85. The normalized spacial score (nSPS) is 18.9. The van der Waals surface area contributed by atoms with Gasteiger partial charge in [-0.15, -0.1) is 0 Å². The van der Waals surface area contributed by atoms with Crippen molar-refractivity contribution in [2.24, 2.45) is 0 Å². The summed E-state index contributed by atoms with van der Waals surface area (Å²) in [7, 11) is 0. The summed E-state index contributed by atoms with van der Waals surface area (Å²) < 4.78 is 15.8. The molecule has 1 aliphatic rings. The van der Waals surface area contributed by atoms with Crippen LogP contribution < -0.4 is 10.9 Å². The summed E-state index contributed by atoms with van der Waals surface area (Å²) in [5.74, 6) is -1.82. The average Bonchev–Trinajstić information content (AvgIpc) is 3.05. The zero-order chi connectivity index (χ0) is 17.4. The Labute approximate surface area is 139 Å². The van der Waals surface area contributed by atoms with Crippen LogP contribution in [-0.4, -0.2) is 28.2 Å². The Bertz CT molecular complexity index is 853. The number of hydrogen-bond acceptors (Lipinski definition) is 3. The average molecular weight is 332 g/mol. The van der Waals surface area contributed by atoms with Crippen molar-refractivity contribution in [3.05, 3.63) is 45.6 Å². The standard InChI is InChI=1S/C18H21FN2O3/c1-3-14(13-8-5-9-20-13)21-10(2)15(18(23)24)11-6-4-7-12(19)16(11)17(21)22/h4,6-7,13-14,20H,3,5,8-9H2,1-2H3,(H,23,24)/t13?,14-/m1/s1. The van der Waals surface area contributed by atoms with Crippen molar-refractivity contribution >= 4 is 16.7 Å². The summed E-state index contributed by atoms with van der Waals surface area (Å²) in [5, 5.41) is 13.0. The third-order valence-corrected chi connectivity index (χ3v) is 4.97. The highest BCUT2D eigenvalue weighted by molar-refractivity contribution is 6.04. The number of benzene rings is 1. The minimum Gasteiger partial charge on any atom is -0.478 e. The fourth-order valence-electron chi connectivity index (χ4n) is 3.89. The summed E-state index contributed by atoms with van der Waals surface area (Å²) in [6.07, 6.45) is 2.60. The number of aromatic nitrogens is 1. The molecule has 0 aliphatic carbocycles. The number of fused-ring (bicyclic) bond motifs is 1. The second-order valence-electron chi connectivity index (χ2n) is 6.28. The van der Waals surface area contributed by atoms with Crippen molar-refractivity contribution < 1.29 is 14.3 Å². The van der Waals surface area contributed by atoms with Gasteiger partial charge in [0.1, 0.15) is 5.82 Å². The van der Waals surface area contributed by atoms with E-state index in [4.69, 9.17) is 0 Å². The van der Waals surface area contributed by atoms with Gasteiger partial charge < -0.3 is 15.0 Å². The van der Waals surface area contributed by atoms with Crippen molar-refractivity contribution in [1.29, 1.82) is 0 Å². The quantitative estimate of drug-likeness (QED) is 0.903. The van der Waals surface area contributed by atoms with E-state index in [2.05, 4.69) is 5.32 Å². The summed E-state index contributed by atoms with van der Waals surface area (Å²) >= 11 is 0. The molecule has 3 rings (SSSR count). The number of carboxylic acid groups (broad SMARTS) is 1. The number of halogens is 1. The van der Waals surface area contributed by atoms with Crippen molar-refractivity contribution in [2.75, 3.05) is 6.54 Å². The van der Waals surface area contributed by atoms with Crippen LogP contribution in [0.15, 0.2) is 23.0 Å². The van der Waals surface area contributed by atoms with Gasteiger partial charge in [0, 0.05) is 17.1 Å². The lowest BCUT2D eigenvalue weighted by Crippen LogP contribution is -2.39. The maximum Gasteiger partial charge on any atom is 0.338 e. The molecule has 0 bridgehead atoms. The fraction of sp³-hybridized carbons (Fsp3) is 0.444. The fourth-order valence-corrected chi connectivity index (χ4v) is 3.89. The van der Waals surface area contributed by atoms with Gasteiger partial charge in [0.2, 0.25) is 0 Å². The van der Waals surface area contributed by atoms with Gasteiger partial charge >= 0.3 is 5.97 Å². The zero-order valence-corrected chi connectivity index (χ0v) is 13.8. The Morgan fingerprint density at radius 1 is 1.50 bits per heavy atom. The SMILES string of the molecule is CC[C@H](C1CCCN1)n1c(C)c(C(=O)O)c2cccc(F)c2c1=O. The number of rotatable bonds is 4. The number of carboxylic acids is 1. The smallest absolute Gasteiger partial charge is 0.338 e. The monoisotopic (exact) mass is 332 g/mol. The molecule has 1 unspecified atom stereocenters. The van der Waals surface area contributed by atoms with Crippen LogP contribution in [0, 0.1) is 12.7 Å². The molecule has 5 nitrogen and oxygen atoms in total. The topological polar surface area (TPSA) is 71.3 Å². The molecule has 1 aliphatic heterocycles. The molecular formula is C18H21FN2O3. The number of carbonyl (C=O) groups is 1. The largest absolute Gasteiger partial charge is 0.478 e. The minimum atomic E-state index is -1.15. The van der Waals surface area contributed by atoms with Gasteiger partial charge in [0.25, 0.3) is 5.56 Å². The summed E-state index contributed by atoms with van der Waals surface area (Å²) in [4.78, 5) is 24.8. The molecule has 2 atom stereocenters. The Kier molecular flexibility index (Phi) is 4.41. The molecule has 1 aromatic carbocycles. The first-order chi connectivity index (χ1) is 11.5. The van der Waals surface area contributed by atoms with Gasteiger partial charge in [0.05, 0.1) is 17.0 Å². The van der Waals surface area contributed by atoms with Gasteiger partial charge in [0.15, 0.2) is 0 Å². The lowest BCUT2D eigenvalue weighted by molar-refractivity contribution is 0.0696. The third kappa shape index (κ3) is 2.51. The van der Waals surface area contributed by atoms with Gasteiger partial charge in [-0.25, -0.2) is 9.18 Å². The van der Waals surface area contributed by atoms with E-state index in [1.165, 1.54) is 22.8 Å². The molecule has 0 saturated carbocycles. The highest BCUT2D eigenvalue weighted by Gasteiger charge is 2.29. The summed E-state index contributed by atoms with van der Waals surface area (Å²) in [6.45, 7) is 4.47. The molecule has 0 spiro atoms. The molecule has 1 saturated heterocycles. The summed E-state index contributed by atoms with van der Waals surface area (Å²) in [5.41, 5.74) is -0.0714. The van der Waals surface area contributed by atoms with Gasteiger partial charge in [-0.2, -0.15) is 0 Å². The first kappa shape index (κ1) is 16.6. The van der Waals surface area contributed by atoms with Crippen LogP contribution >= 0.6 is 0 Å². The second kappa shape index (κ2) is 6.36. The number of aromatic carboxylic acids is 1. The molecule has 6 heteroatoms. The molecule has 2 aromatic rings. The number of nitrogens with zero attached hydrogens (tertiary/aromatic N) is 1. The molecule has 2 N–H and O–H groups in total. The first-order valence-electron chi connectivity index (χ1n) is 8.27.